The molecule has 2 heterocycles. The van der Waals surface area contributed by atoms with Gasteiger partial charge in [0, 0.05) is 17.7 Å². The molecule has 0 aliphatic heterocycles. The number of fused-ring (bicyclic) bond motifs is 1. The summed E-state index contributed by atoms with van der Waals surface area (Å²) in [4.78, 5) is 30.7. The summed E-state index contributed by atoms with van der Waals surface area (Å²) in [6, 6.07) is 8.07. The maximum absolute atomic E-state index is 12.1. The van der Waals surface area contributed by atoms with E-state index in [-0.39, 0.29) is 17.2 Å². The maximum Gasteiger partial charge on any atom is 0.276 e. The first kappa shape index (κ1) is 14.0. The lowest BCUT2D eigenvalue weighted by Gasteiger charge is -2.03. The van der Waals surface area contributed by atoms with Crippen molar-refractivity contribution in [1.82, 2.24) is 20.2 Å². The highest BCUT2D eigenvalue weighted by molar-refractivity contribution is 6.03. The second kappa shape index (κ2) is 5.44. The highest BCUT2D eigenvalue weighted by Crippen LogP contribution is 2.20. The van der Waals surface area contributed by atoms with E-state index < -0.39 is 0 Å². The van der Waals surface area contributed by atoms with Gasteiger partial charge in [-0.1, -0.05) is 13.8 Å². The van der Waals surface area contributed by atoms with Gasteiger partial charge in [-0.15, -0.1) is 0 Å². The Hall–Kier alpha value is -2.96. The number of hydrogen-bond donors (Lipinski definition) is 3. The van der Waals surface area contributed by atoms with Gasteiger partial charge >= 0.3 is 0 Å². The van der Waals surface area contributed by atoms with Gasteiger partial charge in [0.15, 0.2) is 0 Å². The van der Waals surface area contributed by atoms with Crippen LogP contribution in [-0.2, 0) is 0 Å². The maximum atomic E-state index is 12.1. The zero-order chi connectivity index (χ0) is 15.7. The van der Waals surface area contributed by atoms with Crippen molar-refractivity contribution in [3.63, 3.8) is 0 Å². The number of carbonyl (C=O) groups excluding carboxylic acids is 1. The number of imidazole rings is 1. The molecule has 3 rings (SSSR count). The minimum Gasteiger partial charge on any atom is -0.342 e. The van der Waals surface area contributed by atoms with Crippen molar-refractivity contribution >= 4 is 22.6 Å². The zero-order valence-electron chi connectivity index (χ0n) is 12.2. The molecule has 0 radical (unpaired) electrons. The normalized spacial score (nSPS) is 11.0. The van der Waals surface area contributed by atoms with Gasteiger partial charge in [0.25, 0.3) is 11.5 Å². The van der Waals surface area contributed by atoms with E-state index in [2.05, 4.69) is 39.3 Å². The summed E-state index contributed by atoms with van der Waals surface area (Å²) in [7, 11) is 0. The quantitative estimate of drug-likeness (QED) is 0.688. The molecule has 0 fully saturated rings. The highest BCUT2D eigenvalue weighted by atomic mass is 16.2. The summed E-state index contributed by atoms with van der Waals surface area (Å²) in [5.74, 6) is 0.816. The van der Waals surface area contributed by atoms with E-state index in [1.165, 1.54) is 12.1 Å². The van der Waals surface area contributed by atoms with Crippen molar-refractivity contribution in [2.24, 2.45) is 0 Å². The second-order valence-corrected chi connectivity index (χ2v) is 5.27. The Morgan fingerprint density at radius 1 is 1.23 bits per heavy atom. The Bertz CT molecular complexity index is 874. The van der Waals surface area contributed by atoms with E-state index in [1.54, 1.807) is 6.07 Å². The van der Waals surface area contributed by atoms with Gasteiger partial charge in [0.05, 0.1) is 11.0 Å². The molecule has 0 atom stereocenters. The first-order chi connectivity index (χ1) is 10.5. The topological polar surface area (TPSA) is 104 Å². The fourth-order valence-electron chi connectivity index (χ4n) is 2.05. The van der Waals surface area contributed by atoms with Gasteiger partial charge in [-0.25, -0.2) is 10.1 Å². The summed E-state index contributed by atoms with van der Waals surface area (Å²) in [5.41, 5.74) is 2.13. The molecule has 0 aliphatic rings. The molecule has 1 amide bonds. The number of H-pyrrole nitrogens is 2. The van der Waals surface area contributed by atoms with Crippen molar-refractivity contribution in [3.8, 4) is 0 Å². The predicted octanol–water partition coefficient (Wildman–Crippen LogP) is 2.02. The van der Waals surface area contributed by atoms with Gasteiger partial charge < -0.3 is 10.3 Å². The number of aromatic amines is 2. The summed E-state index contributed by atoms with van der Waals surface area (Å²) in [5, 5.41) is 8.66. The molecular weight excluding hydrogens is 282 g/mol. The van der Waals surface area contributed by atoms with Crippen LogP contribution in [0.2, 0.25) is 0 Å². The summed E-state index contributed by atoms with van der Waals surface area (Å²) < 4.78 is 0. The van der Waals surface area contributed by atoms with Crippen LogP contribution in [0.15, 0.2) is 35.1 Å². The molecule has 7 heteroatoms. The third-order valence-corrected chi connectivity index (χ3v) is 3.22. The van der Waals surface area contributed by atoms with Crippen LogP contribution >= 0.6 is 0 Å². The number of anilines is 1. The van der Waals surface area contributed by atoms with Crippen LogP contribution < -0.4 is 10.9 Å². The molecule has 3 N–H and O–H groups in total. The first-order valence-corrected chi connectivity index (χ1v) is 6.89. The van der Waals surface area contributed by atoms with Gasteiger partial charge in [-0.3, -0.25) is 9.59 Å². The van der Waals surface area contributed by atoms with Crippen molar-refractivity contribution in [1.29, 1.82) is 0 Å². The van der Waals surface area contributed by atoms with Crippen molar-refractivity contribution in [2.75, 3.05) is 5.32 Å². The van der Waals surface area contributed by atoms with E-state index in [9.17, 15) is 9.59 Å². The zero-order valence-corrected chi connectivity index (χ0v) is 12.2. The monoisotopic (exact) mass is 297 g/mol. The van der Waals surface area contributed by atoms with Gasteiger partial charge in [-0.05, 0) is 24.3 Å². The van der Waals surface area contributed by atoms with Crippen LogP contribution in [0, 0.1) is 0 Å². The van der Waals surface area contributed by atoms with Crippen LogP contribution in [0.3, 0.4) is 0 Å². The van der Waals surface area contributed by atoms with E-state index >= 15 is 0 Å². The third-order valence-electron chi connectivity index (χ3n) is 3.22. The minimum atomic E-state index is -0.390. The minimum absolute atomic E-state index is 0.146. The Balaban J connectivity index is 1.85. The van der Waals surface area contributed by atoms with E-state index in [0.717, 1.165) is 16.9 Å². The number of amides is 1. The highest BCUT2D eigenvalue weighted by Gasteiger charge is 2.10. The van der Waals surface area contributed by atoms with Gasteiger partial charge in [-0.2, -0.15) is 5.10 Å². The molecule has 0 spiro atoms. The van der Waals surface area contributed by atoms with Crippen molar-refractivity contribution in [3.05, 3.63) is 52.2 Å². The van der Waals surface area contributed by atoms with Crippen LogP contribution in [0.1, 0.15) is 36.1 Å². The Labute approximate surface area is 125 Å². The number of nitrogens with zero attached hydrogens (tertiary/aromatic N) is 2. The number of nitrogens with one attached hydrogen (secondary N) is 3. The number of hydrogen-bond acceptors (Lipinski definition) is 4. The number of carbonyl (C=O) groups is 1. The largest absolute Gasteiger partial charge is 0.342 e. The van der Waals surface area contributed by atoms with Crippen LogP contribution in [0.4, 0.5) is 5.69 Å². The van der Waals surface area contributed by atoms with Crippen LogP contribution in [-0.4, -0.2) is 26.1 Å². The molecular formula is C15H15N5O2. The molecule has 0 saturated heterocycles. The fourth-order valence-corrected chi connectivity index (χ4v) is 2.05. The average molecular weight is 297 g/mol. The van der Waals surface area contributed by atoms with E-state index in [1.807, 2.05) is 12.1 Å². The molecule has 22 heavy (non-hydrogen) atoms. The van der Waals surface area contributed by atoms with Gasteiger partial charge in [0.2, 0.25) is 0 Å². The number of aromatic nitrogens is 4. The average Bonchev–Trinajstić information content (AvgIpc) is 2.91. The molecule has 3 aromatic rings. The van der Waals surface area contributed by atoms with Gasteiger partial charge in [0.1, 0.15) is 11.5 Å². The fraction of sp³-hybridized carbons (Fsp3) is 0.200. The lowest BCUT2D eigenvalue weighted by Crippen LogP contribution is -2.17. The Morgan fingerprint density at radius 2 is 2.05 bits per heavy atom. The SMILES string of the molecule is CC(C)c1nc2ccc(NC(=O)c3ccc(=O)[nH]n3)cc2[nH]1. The smallest absolute Gasteiger partial charge is 0.276 e. The van der Waals surface area contributed by atoms with Crippen LogP contribution in [0.25, 0.3) is 11.0 Å². The lowest BCUT2D eigenvalue weighted by atomic mass is 10.2. The summed E-state index contributed by atoms with van der Waals surface area (Å²) >= 11 is 0. The Morgan fingerprint density at radius 3 is 2.73 bits per heavy atom. The number of rotatable bonds is 3. The second-order valence-electron chi connectivity index (χ2n) is 5.27. The number of benzene rings is 1. The van der Waals surface area contributed by atoms with E-state index in [4.69, 9.17) is 0 Å². The molecule has 0 aliphatic carbocycles. The molecule has 0 unspecified atom stereocenters. The standard InChI is InChI=1S/C15H15N5O2/c1-8(2)14-17-10-4-3-9(7-12(10)18-14)16-15(22)11-5-6-13(21)20-19-11/h3-8H,1-2H3,(H,16,22)(H,17,18)(H,20,21). The van der Waals surface area contributed by atoms with Crippen molar-refractivity contribution in [2.45, 2.75) is 19.8 Å². The first-order valence-electron chi connectivity index (χ1n) is 6.89. The summed E-state index contributed by atoms with van der Waals surface area (Å²) in [6.45, 7) is 4.12. The molecule has 1 aromatic carbocycles. The predicted molar refractivity (Wildman–Crippen MR) is 83.0 cm³/mol. The van der Waals surface area contributed by atoms with Crippen LogP contribution in [0.5, 0.6) is 0 Å². The molecule has 0 bridgehead atoms. The molecule has 7 nitrogen and oxygen atoms in total. The molecule has 112 valence electrons. The lowest BCUT2D eigenvalue weighted by molar-refractivity contribution is 0.102. The Kier molecular flexibility index (Phi) is 3.46. The summed E-state index contributed by atoms with van der Waals surface area (Å²) in [6.07, 6.45) is 0. The van der Waals surface area contributed by atoms with Crippen molar-refractivity contribution < 1.29 is 4.79 Å². The third kappa shape index (κ3) is 2.73. The molecule has 2 aromatic heterocycles. The molecule has 0 saturated carbocycles. The van der Waals surface area contributed by atoms with E-state index in [0.29, 0.717) is 11.6 Å².